The van der Waals surface area contributed by atoms with Crippen molar-refractivity contribution in [2.45, 2.75) is 43.8 Å². The van der Waals surface area contributed by atoms with Gasteiger partial charge in [-0.3, -0.25) is 0 Å². The van der Waals surface area contributed by atoms with Gasteiger partial charge in [0.1, 0.15) is 11.9 Å². The molecule has 204 valence electrons. The molecule has 0 bridgehead atoms. The number of rotatable bonds is 13. The number of thioether (sulfide) groups is 1. The topological polar surface area (TPSA) is 54.0 Å². The molecular formula is C28H28Cl2F2O5S. The zero-order chi connectivity index (χ0) is 27.7. The average Bonchev–Trinajstić information content (AvgIpc) is 3.74. The minimum atomic E-state index is -3.02. The molecule has 2 aromatic carbocycles. The Morgan fingerprint density at radius 2 is 1.95 bits per heavy atom. The van der Waals surface area contributed by atoms with Crippen LogP contribution in [0.3, 0.4) is 0 Å². The first-order valence-corrected chi connectivity index (χ1v) is 13.4. The summed E-state index contributed by atoms with van der Waals surface area (Å²) in [6.45, 7) is 2.80. The van der Waals surface area contributed by atoms with Crippen molar-refractivity contribution in [2.75, 3.05) is 13.7 Å². The van der Waals surface area contributed by atoms with Crippen molar-refractivity contribution in [3.05, 3.63) is 82.4 Å². The predicted molar refractivity (Wildman–Crippen MR) is 147 cm³/mol. The van der Waals surface area contributed by atoms with Crippen molar-refractivity contribution in [3.8, 4) is 17.2 Å². The fourth-order valence-electron chi connectivity index (χ4n) is 3.44. The third-order valence-corrected chi connectivity index (χ3v) is 7.19. The van der Waals surface area contributed by atoms with Crippen LogP contribution in [0.1, 0.15) is 37.9 Å². The summed E-state index contributed by atoms with van der Waals surface area (Å²) in [4.78, 5) is 13.6. The molecular weight excluding hydrogens is 557 g/mol. The molecule has 0 radical (unpaired) electrons. The van der Waals surface area contributed by atoms with Crippen molar-refractivity contribution >= 4 is 40.3 Å². The van der Waals surface area contributed by atoms with Crippen molar-refractivity contribution in [1.29, 1.82) is 0 Å². The van der Waals surface area contributed by atoms with Crippen LogP contribution in [0.4, 0.5) is 13.6 Å². The molecule has 0 amide bonds. The van der Waals surface area contributed by atoms with Crippen LogP contribution in [0.25, 0.3) is 0 Å². The highest BCUT2D eigenvalue weighted by Gasteiger charge is 2.26. The van der Waals surface area contributed by atoms with Crippen LogP contribution in [0.5, 0.6) is 17.2 Å². The molecule has 38 heavy (non-hydrogen) atoms. The van der Waals surface area contributed by atoms with Gasteiger partial charge in [-0.05, 0) is 78.9 Å². The van der Waals surface area contributed by atoms with Crippen molar-refractivity contribution in [1.82, 2.24) is 0 Å². The van der Waals surface area contributed by atoms with Gasteiger partial charge >= 0.3 is 11.9 Å². The number of carbonyl (C=O) groups excluding carboxylic acids is 1. The normalized spacial score (nSPS) is 15.0. The van der Waals surface area contributed by atoms with Crippen LogP contribution < -0.4 is 14.2 Å². The van der Waals surface area contributed by atoms with E-state index in [0.29, 0.717) is 39.3 Å². The smallest absolute Gasteiger partial charge is 0.387 e. The van der Waals surface area contributed by atoms with E-state index >= 15 is 0 Å². The molecule has 1 aliphatic carbocycles. The van der Waals surface area contributed by atoms with Gasteiger partial charge in [0, 0.05) is 21.4 Å². The highest BCUT2D eigenvalue weighted by molar-refractivity contribution is 8.13. The summed E-state index contributed by atoms with van der Waals surface area (Å²) < 4.78 is 47.6. The Morgan fingerprint density at radius 1 is 1.18 bits per heavy atom. The van der Waals surface area contributed by atoms with E-state index in [1.54, 1.807) is 43.3 Å². The Labute approximate surface area is 235 Å². The fourth-order valence-corrected chi connectivity index (χ4v) is 4.53. The summed E-state index contributed by atoms with van der Waals surface area (Å²) in [5.41, 5.74) is 0.993. The van der Waals surface area contributed by atoms with E-state index in [4.69, 9.17) is 37.4 Å². The van der Waals surface area contributed by atoms with Crippen molar-refractivity contribution < 1.29 is 32.5 Å². The van der Waals surface area contributed by atoms with E-state index in [1.165, 1.54) is 25.3 Å². The van der Waals surface area contributed by atoms with Gasteiger partial charge in [0.05, 0.1) is 13.7 Å². The number of alkyl halides is 2. The van der Waals surface area contributed by atoms with Crippen molar-refractivity contribution in [2.24, 2.45) is 5.92 Å². The Hall–Kier alpha value is -2.68. The van der Waals surface area contributed by atoms with Crippen molar-refractivity contribution in [3.63, 3.8) is 0 Å². The summed E-state index contributed by atoms with van der Waals surface area (Å²) in [6, 6.07) is 11.4. The minimum absolute atomic E-state index is 0.0928. The summed E-state index contributed by atoms with van der Waals surface area (Å²) in [6.07, 6.45) is 4.34. The number of allylic oxidation sites excluding steroid dienone is 4. The highest BCUT2D eigenvalue weighted by Crippen LogP contribution is 2.40. The first kappa shape index (κ1) is 29.9. The Morgan fingerprint density at radius 3 is 2.58 bits per heavy atom. The third kappa shape index (κ3) is 8.96. The molecule has 0 N–H and O–H groups in total. The van der Waals surface area contributed by atoms with E-state index in [0.717, 1.165) is 24.6 Å². The van der Waals surface area contributed by atoms with Gasteiger partial charge in [0.2, 0.25) is 0 Å². The van der Waals surface area contributed by atoms with E-state index in [9.17, 15) is 13.6 Å². The second-order valence-corrected chi connectivity index (χ2v) is 10.2. The summed E-state index contributed by atoms with van der Waals surface area (Å²) >= 11 is 13.7. The Balaban J connectivity index is 1.95. The summed E-state index contributed by atoms with van der Waals surface area (Å²) in [5.74, 6) is 0.995. The number of methoxy groups -OCH3 is 1. The van der Waals surface area contributed by atoms with Gasteiger partial charge in [-0.25, -0.2) is 4.79 Å². The minimum Gasteiger partial charge on any atom is -0.497 e. The van der Waals surface area contributed by atoms with Gasteiger partial charge in [-0.2, -0.15) is 8.78 Å². The van der Waals surface area contributed by atoms with E-state index < -0.39 is 18.0 Å². The molecule has 2 aromatic rings. The number of ether oxygens (including phenoxy) is 4. The molecule has 0 spiro atoms. The van der Waals surface area contributed by atoms with E-state index in [-0.39, 0.29) is 23.0 Å². The standard InChI is InChI=1S/C28H28Cl2F2O5S/c1-4-22(29)21(23(30)5-2)15-25(37-28(33)38-20-8-6-7-19(14-20)34-3)18-11-12-24(36-27(31)32)26(13-18)35-16-17-9-10-17/h4-8,11-14,17,25,27H,1,9-10,15-16H2,2-3H3/b22-21+,23-5+/t25-/m0/s1. The Kier molecular flexibility index (Phi) is 11.4. The third-order valence-electron chi connectivity index (χ3n) is 5.61. The fraction of sp³-hybridized carbons (Fsp3) is 0.321. The lowest BCUT2D eigenvalue weighted by molar-refractivity contribution is -0.0515. The van der Waals surface area contributed by atoms with E-state index in [2.05, 4.69) is 11.3 Å². The quantitative estimate of drug-likeness (QED) is 0.133. The summed E-state index contributed by atoms with van der Waals surface area (Å²) in [7, 11) is 1.53. The molecule has 0 saturated heterocycles. The lowest BCUT2D eigenvalue weighted by Crippen LogP contribution is -2.11. The molecule has 0 heterocycles. The number of hydrogen-bond acceptors (Lipinski definition) is 6. The maximum absolute atomic E-state index is 13.0. The molecule has 0 aromatic heterocycles. The van der Waals surface area contributed by atoms with Gasteiger partial charge in [0.15, 0.2) is 11.5 Å². The van der Waals surface area contributed by atoms with Gasteiger partial charge in [0.25, 0.3) is 0 Å². The molecule has 0 unspecified atom stereocenters. The molecule has 0 aliphatic heterocycles. The zero-order valence-corrected chi connectivity index (χ0v) is 23.3. The SMILES string of the molecule is C=C/C(Cl)=C(C[C@H](OC(=O)Sc1cccc(OC)c1)c1ccc(OC(F)F)c(OCC2CC2)c1)\C(Cl)=C/C. The number of halogens is 4. The number of hydrogen-bond donors (Lipinski definition) is 0. The largest absolute Gasteiger partial charge is 0.497 e. The molecule has 1 atom stereocenters. The first-order valence-electron chi connectivity index (χ1n) is 11.8. The second-order valence-electron chi connectivity index (χ2n) is 8.35. The average molecular weight is 585 g/mol. The molecule has 1 fully saturated rings. The molecule has 10 heteroatoms. The Bertz CT molecular complexity index is 1200. The van der Waals surface area contributed by atoms with Crippen LogP contribution in [0, 0.1) is 5.92 Å². The molecule has 3 rings (SSSR count). The van der Waals surface area contributed by atoms with Gasteiger partial charge in [-0.15, -0.1) is 0 Å². The van der Waals surface area contributed by atoms with Crippen LogP contribution in [-0.2, 0) is 4.74 Å². The molecule has 1 saturated carbocycles. The van der Waals surface area contributed by atoms with Crippen LogP contribution in [0.2, 0.25) is 0 Å². The number of benzene rings is 2. The maximum Gasteiger partial charge on any atom is 0.387 e. The monoisotopic (exact) mass is 584 g/mol. The summed E-state index contributed by atoms with van der Waals surface area (Å²) in [5, 5.41) is 0.0546. The lowest BCUT2D eigenvalue weighted by atomic mass is 9.99. The predicted octanol–water partition coefficient (Wildman–Crippen LogP) is 9.27. The van der Waals surface area contributed by atoms with Crippen LogP contribution in [0.15, 0.2) is 81.7 Å². The zero-order valence-electron chi connectivity index (χ0n) is 20.9. The van der Waals surface area contributed by atoms with Gasteiger partial charge < -0.3 is 18.9 Å². The van der Waals surface area contributed by atoms with Gasteiger partial charge in [-0.1, -0.05) is 54.1 Å². The maximum atomic E-state index is 13.0. The molecule has 5 nitrogen and oxygen atoms in total. The lowest BCUT2D eigenvalue weighted by Gasteiger charge is -2.22. The first-order chi connectivity index (χ1) is 18.2. The highest BCUT2D eigenvalue weighted by atomic mass is 35.5. The van der Waals surface area contributed by atoms with Crippen LogP contribution in [-0.4, -0.2) is 25.6 Å². The van der Waals surface area contributed by atoms with Crippen LogP contribution >= 0.6 is 35.0 Å². The second kappa shape index (κ2) is 14.5. The van der Waals surface area contributed by atoms with E-state index in [1.807, 2.05) is 0 Å². The number of carbonyl (C=O) groups is 1. The molecule has 1 aliphatic rings.